The van der Waals surface area contributed by atoms with Gasteiger partial charge in [0.05, 0.1) is 15.1 Å². The van der Waals surface area contributed by atoms with Crippen molar-refractivity contribution in [3.05, 3.63) is 51.6 Å². The van der Waals surface area contributed by atoms with E-state index in [1.54, 1.807) is 18.2 Å². The first-order valence-electron chi connectivity index (χ1n) is 7.73. The Morgan fingerprint density at radius 1 is 1.19 bits per heavy atom. The lowest BCUT2D eigenvalue weighted by molar-refractivity contribution is 0.510. The van der Waals surface area contributed by atoms with Crippen molar-refractivity contribution in [2.45, 2.75) is 17.3 Å². The molecular weight excluding hydrogens is 427 g/mol. The topological polar surface area (TPSA) is 95.7 Å². The lowest BCUT2D eigenvalue weighted by atomic mass is 10.2. The summed E-state index contributed by atoms with van der Waals surface area (Å²) in [5.41, 5.74) is 0.608. The van der Waals surface area contributed by atoms with Gasteiger partial charge in [-0.15, -0.1) is 31.7 Å². The Labute approximate surface area is 172 Å². The van der Waals surface area contributed by atoms with Gasteiger partial charge in [0.25, 0.3) is 5.89 Å². The number of halogens is 2. The van der Waals surface area contributed by atoms with E-state index in [0.29, 0.717) is 38.4 Å². The Kier molecular flexibility index (Phi) is 5.09. The monoisotopic (exact) mass is 438 g/mol. The van der Waals surface area contributed by atoms with Crippen LogP contribution in [0.5, 0.6) is 0 Å². The summed E-state index contributed by atoms with van der Waals surface area (Å²) in [4.78, 5) is 0.922. The van der Waals surface area contributed by atoms with E-state index in [-0.39, 0.29) is 5.25 Å². The molecule has 0 unspecified atom stereocenters. The summed E-state index contributed by atoms with van der Waals surface area (Å²) in [5.74, 6) is 7.56. The van der Waals surface area contributed by atoms with Crippen LogP contribution >= 0.6 is 46.3 Å². The molecule has 11 heteroatoms. The first kappa shape index (κ1) is 18.3. The fraction of sp³-hybridized carbons (Fsp3) is 0.125. The van der Waals surface area contributed by atoms with Crippen LogP contribution in [0.15, 0.2) is 45.3 Å². The zero-order valence-corrected chi connectivity index (χ0v) is 17.0. The van der Waals surface area contributed by atoms with Crippen LogP contribution in [0.1, 0.15) is 18.1 Å². The van der Waals surface area contributed by atoms with E-state index in [4.69, 9.17) is 33.5 Å². The molecule has 0 fully saturated rings. The second-order valence-corrected chi connectivity index (χ2v) is 8.58. The standard InChI is InChI=1S/C16H12Cl2N6OS2/c1-8(14-21-22-15(25-14)12-3-2-6-26-12)27-16-23-20-13(24(16)19)10-7-9(17)4-5-11(10)18/h2-8H,19H2,1H3/t8-/m0/s1. The first-order valence-corrected chi connectivity index (χ1v) is 10.2. The highest BCUT2D eigenvalue weighted by Crippen LogP contribution is 2.36. The summed E-state index contributed by atoms with van der Waals surface area (Å²) in [5, 5.41) is 19.8. The molecule has 4 aromatic rings. The quantitative estimate of drug-likeness (QED) is 0.348. The molecule has 3 heterocycles. The molecule has 0 saturated heterocycles. The summed E-state index contributed by atoms with van der Waals surface area (Å²) >= 11 is 15.2. The lowest BCUT2D eigenvalue weighted by Gasteiger charge is -2.07. The Morgan fingerprint density at radius 2 is 2.04 bits per heavy atom. The third-order valence-electron chi connectivity index (χ3n) is 3.64. The molecular formula is C16H12Cl2N6OS2. The number of nitrogens with two attached hydrogens (primary N) is 1. The average Bonchev–Trinajstić information content (AvgIpc) is 3.39. The maximum Gasteiger partial charge on any atom is 0.257 e. The largest absolute Gasteiger partial charge is 0.419 e. The normalized spacial score (nSPS) is 12.4. The smallest absolute Gasteiger partial charge is 0.257 e. The highest BCUT2D eigenvalue weighted by molar-refractivity contribution is 7.99. The summed E-state index contributed by atoms with van der Waals surface area (Å²) in [6.07, 6.45) is 0. The minimum absolute atomic E-state index is 0.166. The van der Waals surface area contributed by atoms with Gasteiger partial charge in [-0.2, -0.15) is 0 Å². The zero-order valence-electron chi connectivity index (χ0n) is 13.8. The van der Waals surface area contributed by atoms with E-state index in [1.165, 1.54) is 27.8 Å². The van der Waals surface area contributed by atoms with Crippen LogP contribution < -0.4 is 5.84 Å². The number of nitrogens with zero attached hydrogens (tertiary/aromatic N) is 5. The third-order valence-corrected chi connectivity index (χ3v) is 6.10. The van der Waals surface area contributed by atoms with Crippen LogP contribution in [-0.2, 0) is 0 Å². The predicted molar refractivity (Wildman–Crippen MR) is 108 cm³/mol. The minimum atomic E-state index is -0.166. The molecule has 3 aromatic heterocycles. The van der Waals surface area contributed by atoms with Gasteiger partial charge in [-0.3, -0.25) is 0 Å². The molecule has 138 valence electrons. The molecule has 0 saturated carbocycles. The number of benzene rings is 1. The SMILES string of the molecule is C[C@H](Sc1nnc(-c2cc(Cl)ccc2Cl)n1N)c1nnc(-c2cccs2)o1. The van der Waals surface area contributed by atoms with E-state index >= 15 is 0 Å². The molecule has 27 heavy (non-hydrogen) atoms. The summed E-state index contributed by atoms with van der Waals surface area (Å²) in [6, 6.07) is 8.94. The van der Waals surface area contributed by atoms with Crippen molar-refractivity contribution >= 4 is 46.3 Å². The van der Waals surface area contributed by atoms with E-state index in [9.17, 15) is 0 Å². The molecule has 0 aliphatic heterocycles. The number of hydrogen-bond acceptors (Lipinski definition) is 8. The molecule has 0 amide bonds. The maximum absolute atomic E-state index is 6.23. The van der Waals surface area contributed by atoms with Crippen LogP contribution in [-0.4, -0.2) is 25.1 Å². The van der Waals surface area contributed by atoms with Crippen molar-refractivity contribution in [3.63, 3.8) is 0 Å². The zero-order chi connectivity index (χ0) is 19.0. The van der Waals surface area contributed by atoms with E-state index in [0.717, 1.165) is 4.88 Å². The predicted octanol–water partition coefficient (Wildman–Crippen LogP) is 4.93. The summed E-state index contributed by atoms with van der Waals surface area (Å²) in [6.45, 7) is 1.93. The molecule has 0 bridgehead atoms. The highest BCUT2D eigenvalue weighted by atomic mass is 35.5. The molecule has 4 rings (SSSR count). The van der Waals surface area contributed by atoms with Gasteiger partial charge in [-0.1, -0.05) is 41.0 Å². The molecule has 0 aliphatic rings. The van der Waals surface area contributed by atoms with Gasteiger partial charge in [-0.05, 0) is 36.6 Å². The number of thioether (sulfide) groups is 1. The van der Waals surface area contributed by atoms with E-state index < -0.39 is 0 Å². The van der Waals surface area contributed by atoms with Crippen molar-refractivity contribution in [1.82, 2.24) is 25.1 Å². The van der Waals surface area contributed by atoms with Crippen LogP contribution in [0.2, 0.25) is 10.0 Å². The fourth-order valence-corrected chi connectivity index (χ4v) is 4.14. The van der Waals surface area contributed by atoms with Crippen molar-refractivity contribution in [1.29, 1.82) is 0 Å². The Bertz CT molecular complexity index is 1080. The second kappa shape index (κ2) is 7.51. The third kappa shape index (κ3) is 3.68. The van der Waals surface area contributed by atoms with Crippen LogP contribution in [0.25, 0.3) is 22.2 Å². The molecule has 2 N–H and O–H groups in total. The van der Waals surface area contributed by atoms with Crippen LogP contribution in [0.4, 0.5) is 0 Å². The number of nitrogen functional groups attached to an aromatic ring is 1. The number of thiophene rings is 1. The Hall–Kier alpha value is -2.07. The molecule has 0 aliphatic carbocycles. The summed E-state index contributed by atoms with van der Waals surface area (Å²) in [7, 11) is 0. The van der Waals surface area contributed by atoms with Gasteiger partial charge in [-0.25, -0.2) is 4.68 Å². The van der Waals surface area contributed by atoms with E-state index in [2.05, 4.69) is 20.4 Å². The Morgan fingerprint density at radius 3 is 2.81 bits per heavy atom. The van der Waals surface area contributed by atoms with Crippen LogP contribution in [0, 0.1) is 0 Å². The maximum atomic E-state index is 6.23. The molecule has 1 atom stereocenters. The van der Waals surface area contributed by atoms with Gasteiger partial charge in [0.15, 0.2) is 5.82 Å². The Balaban J connectivity index is 1.57. The van der Waals surface area contributed by atoms with Crippen molar-refractivity contribution in [2.75, 3.05) is 5.84 Å². The number of hydrogen-bond donors (Lipinski definition) is 1. The molecule has 7 nitrogen and oxygen atoms in total. The fourth-order valence-electron chi connectivity index (χ4n) is 2.32. The average molecular weight is 439 g/mol. The summed E-state index contributed by atoms with van der Waals surface area (Å²) < 4.78 is 7.13. The first-order chi connectivity index (χ1) is 13.0. The molecule has 1 aromatic carbocycles. The molecule has 0 spiro atoms. The van der Waals surface area contributed by atoms with Gasteiger partial charge in [0.2, 0.25) is 11.0 Å². The van der Waals surface area contributed by atoms with Gasteiger partial charge >= 0.3 is 0 Å². The van der Waals surface area contributed by atoms with Crippen molar-refractivity contribution in [2.24, 2.45) is 0 Å². The van der Waals surface area contributed by atoms with Crippen molar-refractivity contribution in [3.8, 4) is 22.2 Å². The van der Waals surface area contributed by atoms with Crippen molar-refractivity contribution < 1.29 is 4.42 Å². The van der Waals surface area contributed by atoms with Gasteiger partial charge in [0.1, 0.15) is 0 Å². The van der Waals surface area contributed by atoms with E-state index in [1.807, 2.05) is 24.4 Å². The number of rotatable bonds is 5. The lowest BCUT2D eigenvalue weighted by Crippen LogP contribution is -2.12. The van der Waals surface area contributed by atoms with Gasteiger partial charge < -0.3 is 10.3 Å². The molecule has 0 radical (unpaired) electrons. The van der Waals surface area contributed by atoms with Gasteiger partial charge in [0, 0.05) is 10.6 Å². The second-order valence-electron chi connectivity index (χ2n) is 5.48. The van der Waals surface area contributed by atoms with Crippen LogP contribution in [0.3, 0.4) is 0 Å². The highest BCUT2D eigenvalue weighted by Gasteiger charge is 2.21. The minimum Gasteiger partial charge on any atom is -0.419 e. The number of aromatic nitrogens is 5.